The molecule has 1 heterocycles. The second-order valence-corrected chi connectivity index (χ2v) is 6.33. The molecule has 9 heteroatoms. The quantitative estimate of drug-likeness (QED) is 0.469. The zero-order valence-corrected chi connectivity index (χ0v) is 15.0. The fourth-order valence-electron chi connectivity index (χ4n) is 1.81. The van der Waals surface area contributed by atoms with Gasteiger partial charge in [-0.2, -0.15) is 0 Å². The first kappa shape index (κ1) is 19.1. The fourth-order valence-corrected chi connectivity index (χ4v) is 2.76. The number of thioether (sulfide) groups is 1. The number of halogens is 2. The summed E-state index contributed by atoms with van der Waals surface area (Å²) in [6.07, 6.45) is 1.32. The lowest BCUT2D eigenvalue weighted by Gasteiger charge is -2.12. The minimum atomic E-state index is -0.834. The second kappa shape index (κ2) is 8.77. The number of rotatable bonds is 6. The Bertz CT molecular complexity index is 774. The van der Waals surface area contributed by atoms with Gasteiger partial charge in [-0.3, -0.25) is 4.79 Å². The fraction of sp³-hybridized carbons (Fsp3) is 0.250. The van der Waals surface area contributed by atoms with E-state index in [1.165, 1.54) is 44.1 Å². The van der Waals surface area contributed by atoms with Gasteiger partial charge in [0.05, 0.1) is 18.3 Å². The highest BCUT2D eigenvalue weighted by Gasteiger charge is 2.20. The van der Waals surface area contributed by atoms with E-state index in [-0.39, 0.29) is 16.5 Å². The molecule has 0 radical (unpaired) electrons. The van der Waals surface area contributed by atoms with Crippen molar-refractivity contribution in [2.75, 3.05) is 7.11 Å². The summed E-state index contributed by atoms with van der Waals surface area (Å²) in [5.41, 5.74) is 0.851. The van der Waals surface area contributed by atoms with E-state index in [2.05, 4.69) is 20.0 Å². The molecule has 1 aromatic heterocycles. The Balaban J connectivity index is 2.07. The Morgan fingerprint density at radius 1 is 1.36 bits per heavy atom. The highest BCUT2D eigenvalue weighted by Crippen LogP contribution is 2.22. The van der Waals surface area contributed by atoms with Crippen LogP contribution < -0.4 is 5.32 Å². The van der Waals surface area contributed by atoms with Crippen molar-refractivity contribution in [3.63, 3.8) is 0 Å². The summed E-state index contributed by atoms with van der Waals surface area (Å²) in [5, 5.41) is 2.86. The van der Waals surface area contributed by atoms with Gasteiger partial charge in [0.2, 0.25) is 0 Å². The number of hydrogen-bond donors (Lipinski definition) is 1. The lowest BCUT2D eigenvalue weighted by Crippen LogP contribution is -2.39. The van der Waals surface area contributed by atoms with Crippen molar-refractivity contribution < 1.29 is 18.7 Å². The molecule has 0 aliphatic rings. The van der Waals surface area contributed by atoms with Gasteiger partial charge in [-0.15, -0.1) is 0 Å². The number of nitrogens with one attached hydrogen (secondary N) is 1. The third kappa shape index (κ3) is 5.40. The van der Waals surface area contributed by atoms with Crippen molar-refractivity contribution in [2.45, 2.75) is 23.9 Å². The number of amides is 1. The van der Waals surface area contributed by atoms with Crippen molar-refractivity contribution in [3.8, 4) is 0 Å². The van der Waals surface area contributed by atoms with Crippen LogP contribution >= 0.6 is 23.4 Å². The van der Waals surface area contributed by atoms with Gasteiger partial charge in [0.25, 0.3) is 5.91 Å². The largest absolute Gasteiger partial charge is 0.467 e. The summed E-state index contributed by atoms with van der Waals surface area (Å²) in [6, 6.07) is 5.21. The average molecular weight is 384 g/mol. The summed E-state index contributed by atoms with van der Waals surface area (Å²) < 4.78 is 17.4. The smallest absolute Gasteiger partial charge is 0.328 e. The molecule has 132 valence electrons. The van der Waals surface area contributed by atoms with Gasteiger partial charge in [0.1, 0.15) is 11.9 Å². The minimum Gasteiger partial charge on any atom is -0.467 e. The first-order valence-electron chi connectivity index (χ1n) is 7.19. The van der Waals surface area contributed by atoms with Gasteiger partial charge < -0.3 is 10.1 Å². The third-order valence-corrected chi connectivity index (χ3v) is 4.33. The zero-order valence-electron chi connectivity index (χ0n) is 13.5. The van der Waals surface area contributed by atoms with E-state index in [4.69, 9.17) is 11.6 Å². The maximum absolute atomic E-state index is 12.9. The number of aromatic nitrogens is 2. The van der Waals surface area contributed by atoms with Gasteiger partial charge in [0, 0.05) is 5.75 Å². The van der Waals surface area contributed by atoms with Crippen molar-refractivity contribution in [1.29, 1.82) is 0 Å². The molecule has 0 fully saturated rings. The Morgan fingerprint density at radius 2 is 2.04 bits per heavy atom. The molecule has 25 heavy (non-hydrogen) atoms. The molecule has 0 aliphatic carbocycles. The predicted octanol–water partition coefficient (Wildman–Crippen LogP) is 2.85. The molecule has 2 rings (SSSR count). The number of carbonyl (C=O) groups is 2. The molecule has 0 saturated carbocycles. The van der Waals surface area contributed by atoms with Crippen LogP contribution in [0.4, 0.5) is 4.39 Å². The standard InChI is InChI=1S/C16H15ClFN3O3S/c1-9(15(23)24-2)20-14(22)13-12(17)7-19-16(21-13)25-8-10-3-5-11(18)6-4-10/h3-7,9H,8H2,1-2H3,(H,20,22). The monoisotopic (exact) mass is 383 g/mol. The molecule has 1 aromatic carbocycles. The van der Waals surface area contributed by atoms with Crippen LogP contribution in [0.2, 0.25) is 5.02 Å². The number of hydrogen-bond acceptors (Lipinski definition) is 6. The molecule has 6 nitrogen and oxygen atoms in total. The number of carbonyl (C=O) groups excluding carboxylic acids is 2. The molecule has 1 amide bonds. The lowest BCUT2D eigenvalue weighted by molar-refractivity contribution is -0.142. The van der Waals surface area contributed by atoms with Gasteiger partial charge >= 0.3 is 5.97 Å². The first-order chi connectivity index (χ1) is 11.9. The van der Waals surface area contributed by atoms with Crippen LogP contribution in [0.3, 0.4) is 0 Å². The first-order valence-corrected chi connectivity index (χ1v) is 8.55. The lowest BCUT2D eigenvalue weighted by atomic mass is 10.2. The summed E-state index contributed by atoms with van der Waals surface area (Å²) in [5.74, 6) is -0.991. The zero-order chi connectivity index (χ0) is 18.4. The van der Waals surface area contributed by atoms with Crippen LogP contribution in [-0.4, -0.2) is 35.0 Å². The van der Waals surface area contributed by atoms with E-state index in [9.17, 15) is 14.0 Å². The summed E-state index contributed by atoms with van der Waals surface area (Å²) >= 11 is 7.24. The van der Waals surface area contributed by atoms with E-state index in [1.807, 2.05) is 0 Å². The molecule has 0 saturated heterocycles. The average Bonchev–Trinajstić information content (AvgIpc) is 2.61. The Hall–Kier alpha value is -2.19. The minimum absolute atomic E-state index is 0.0333. The maximum Gasteiger partial charge on any atom is 0.328 e. The maximum atomic E-state index is 12.9. The SMILES string of the molecule is COC(=O)C(C)NC(=O)c1nc(SCc2ccc(F)cc2)ncc1Cl. The number of methoxy groups -OCH3 is 1. The number of benzene rings is 1. The van der Waals surface area contributed by atoms with E-state index in [1.54, 1.807) is 12.1 Å². The van der Waals surface area contributed by atoms with Crippen LogP contribution in [0.5, 0.6) is 0 Å². The van der Waals surface area contributed by atoms with Gasteiger partial charge in [-0.05, 0) is 24.6 Å². The highest BCUT2D eigenvalue weighted by molar-refractivity contribution is 7.98. The van der Waals surface area contributed by atoms with Crippen LogP contribution in [-0.2, 0) is 15.3 Å². The molecular formula is C16H15ClFN3O3S. The van der Waals surface area contributed by atoms with Crippen molar-refractivity contribution >= 4 is 35.2 Å². The molecule has 0 aliphatic heterocycles. The number of ether oxygens (including phenoxy) is 1. The van der Waals surface area contributed by atoms with Crippen molar-refractivity contribution in [3.05, 3.63) is 52.6 Å². The van der Waals surface area contributed by atoms with Crippen LogP contribution in [0.1, 0.15) is 23.0 Å². The Kier molecular flexibility index (Phi) is 6.72. The Labute approximate surface area is 153 Å². The van der Waals surface area contributed by atoms with Gasteiger partial charge in [0.15, 0.2) is 10.9 Å². The predicted molar refractivity (Wildman–Crippen MR) is 91.9 cm³/mol. The van der Waals surface area contributed by atoms with Crippen molar-refractivity contribution in [2.24, 2.45) is 0 Å². The highest BCUT2D eigenvalue weighted by atomic mass is 35.5. The number of nitrogens with zero attached hydrogens (tertiary/aromatic N) is 2. The Morgan fingerprint density at radius 3 is 2.68 bits per heavy atom. The number of esters is 1. The molecule has 0 bridgehead atoms. The third-order valence-electron chi connectivity index (χ3n) is 3.12. The van der Waals surface area contributed by atoms with E-state index in [0.29, 0.717) is 10.9 Å². The van der Waals surface area contributed by atoms with E-state index < -0.39 is 17.9 Å². The van der Waals surface area contributed by atoms with Crippen molar-refractivity contribution in [1.82, 2.24) is 15.3 Å². The molecule has 1 unspecified atom stereocenters. The topological polar surface area (TPSA) is 81.2 Å². The van der Waals surface area contributed by atoms with E-state index >= 15 is 0 Å². The van der Waals surface area contributed by atoms with Gasteiger partial charge in [-0.25, -0.2) is 19.2 Å². The summed E-state index contributed by atoms with van der Waals surface area (Å²) in [6.45, 7) is 1.49. The molecule has 0 spiro atoms. The summed E-state index contributed by atoms with van der Waals surface area (Å²) in [7, 11) is 1.23. The molecule has 1 atom stereocenters. The van der Waals surface area contributed by atoms with Crippen LogP contribution in [0.25, 0.3) is 0 Å². The summed E-state index contributed by atoms with van der Waals surface area (Å²) in [4.78, 5) is 31.8. The van der Waals surface area contributed by atoms with Gasteiger partial charge in [-0.1, -0.05) is 35.5 Å². The van der Waals surface area contributed by atoms with Crippen LogP contribution in [0.15, 0.2) is 35.6 Å². The van der Waals surface area contributed by atoms with Crippen LogP contribution in [0, 0.1) is 5.82 Å². The molecule has 2 aromatic rings. The normalized spacial score (nSPS) is 11.7. The second-order valence-electron chi connectivity index (χ2n) is 4.98. The van der Waals surface area contributed by atoms with E-state index in [0.717, 1.165) is 5.56 Å². The molecule has 1 N–H and O–H groups in total. The molecular weight excluding hydrogens is 369 g/mol.